The van der Waals surface area contributed by atoms with Crippen LogP contribution in [0.2, 0.25) is 0 Å². The molecule has 226 valence electrons. The van der Waals surface area contributed by atoms with Gasteiger partial charge in [-0.05, 0) is 126 Å². The number of rotatable bonds is 4. The molecule has 4 aromatic rings. The lowest BCUT2D eigenvalue weighted by atomic mass is 9.76. The molecule has 4 heteroatoms. The molecular weight excluding hydrogens is 536 g/mol. The van der Waals surface area contributed by atoms with Crippen LogP contribution in [0.15, 0.2) is 102 Å². The highest BCUT2D eigenvalue weighted by Crippen LogP contribution is 2.54. The average Bonchev–Trinajstić information content (AvgIpc) is 3.38. The molecule has 4 aromatic carbocycles. The Bertz CT molecular complexity index is 1790. The van der Waals surface area contributed by atoms with Gasteiger partial charge in [0.05, 0.1) is 22.2 Å². The Morgan fingerprint density at radius 3 is 1.77 bits per heavy atom. The molecule has 2 heterocycles. The minimum absolute atomic E-state index is 0.0578. The summed E-state index contributed by atoms with van der Waals surface area (Å²) < 4.78 is 0. The van der Waals surface area contributed by atoms with Crippen molar-refractivity contribution in [3.8, 4) is 11.1 Å². The predicted molar refractivity (Wildman–Crippen MR) is 187 cm³/mol. The highest BCUT2D eigenvalue weighted by atomic mass is 15.6. The predicted octanol–water partition coefficient (Wildman–Crippen LogP) is 10.1. The zero-order valence-electron chi connectivity index (χ0n) is 28.0. The van der Waals surface area contributed by atoms with Gasteiger partial charge in [-0.1, -0.05) is 62.4 Å². The van der Waals surface area contributed by atoms with Crippen LogP contribution in [0.3, 0.4) is 0 Å². The third kappa shape index (κ3) is 3.66. The second-order valence-corrected chi connectivity index (χ2v) is 15.4. The van der Waals surface area contributed by atoms with Crippen molar-refractivity contribution in [1.29, 1.82) is 0 Å². The van der Waals surface area contributed by atoms with E-state index in [0.717, 1.165) is 17.3 Å². The highest BCUT2D eigenvalue weighted by Gasteiger charge is 2.65. The van der Waals surface area contributed by atoms with Crippen LogP contribution in [-0.2, 0) is 5.41 Å². The molecule has 1 fully saturated rings. The van der Waals surface area contributed by atoms with E-state index in [1.165, 1.54) is 33.6 Å². The van der Waals surface area contributed by atoms with Crippen molar-refractivity contribution in [3.05, 3.63) is 108 Å². The third-order valence-electron chi connectivity index (χ3n) is 11.7. The van der Waals surface area contributed by atoms with Crippen LogP contribution in [0.4, 0.5) is 22.7 Å². The maximum atomic E-state index is 5.36. The third-order valence-corrected chi connectivity index (χ3v) is 11.7. The molecule has 1 saturated heterocycles. The number of hydrogen-bond donors (Lipinski definition) is 0. The Morgan fingerprint density at radius 2 is 1.09 bits per heavy atom. The van der Waals surface area contributed by atoms with Crippen LogP contribution in [0, 0.1) is 0 Å². The molecular formula is C40H46N4. The fourth-order valence-corrected chi connectivity index (χ4v) is 7.90. The van der Waals surface area contributed by atoms with Crippen LogP contribution in [0.1, 0.15) is 80.4 Å². The van der Waals surface area contributed by atoms with E-state index in [-0.39, 0.29) is 27.6 Å². The molecule has 0 spiro atoms. The Kier molecular flexibility index (Phi) is 5.87. The standard InChI is InChI=1S/C40H46N4/c1-36(2)33-19-15-14-18-31(33)32-25-24-30(26-34(32)36)42(27-16-12-11-13-17-27)28-20-22-29(23-21-28)43-35-41-37(3,4)38(5,6)44(35)40(9,10)39(43,7)8/h11-26H,1-10H3. The molecule has 0 saturated carbocycles. The van der Waals surface area contributed by atoms with Crippen LogP contribution < -0.4 is 9.80 Å². The molecule has 3 aliphatic rings. The largest absolute Gasteiger partial charge is 0.327 e. The molecule has 2 aliphatic heterocycles. The molecule has 0 bridgehead atoms. The highest BCUT2D eigenvalue weighted by molar-refractivity contribution is 6.03. The molecule has 4 nitrogen and oxygen atoms in total. The fraction of sp³-hybridized carbons (Fsp3) is 0.375. The monoisotopic (exact) mass is 582 g/mol. The number of hydrogen-bond acceptors (Lipinski definition) is 4. The number of anilines is 4. The number of aliphatic imine (C=N–C) groups is 1. The molecule has 0 amide bonds. The summed E-state index contributed by atoms with van der Waals surface area (Å²) in [5.74, 6) is 1.07. The van der Waals surface area contributed by atoms with Crippen LogP contribution >= 0.6 is 0 Å². The molecule has 0 atom stereocenters. The summed E-state index contributed by atoms with van der Waals surface area (Å²) >= 11 is 0. The Morgan fingerprint density at radius 1 is 0.523 bits per heavy atom. The van der Waals surface area contributed by atoms with Crippen molar-refractivity contribution < 1.29 is 0 Å². The zero-order valence-corrected chi connectivity index (χ0v) is 28.0. The van der Waals surface area contributed by atoms with Crippen molar-refractivity contribution >= 4 is 28.7 Å². The average molecular weight is 583 g/mol. The first kappa shape index (κ1) is 28.7. The van der Waals surface area contributed by atoms with Crippen molar-refractivity contribution in [3.63, 3.8) is 0 Å². The fourth-order valence-electron chi connectivity index (χ4n) is 7.90. The number of fused-ring (bicyclic) bond motifs is 4. The van der Waals surface area contributed by atoms with Crippen molar-refractivity contribution in [1.82, 2.24) is 4.90 Å². The molecule has 1 aliphatic carbocycles. The first-order chi connectivity index (χ1) is 20.6. The Balaban J connectivity index is 1.32. The van der Waals surface area contributed by atoms with Gasteiger partial charge in [0.25, 0.3) is 0 Å². The summed E-state index contributed by atoms with van der Waals surface area (Å²) in [6.45, 7) is 23.3. The lowest BCUT2D eigenvalue weighted by molar-refractivity contribution is 0.0529. The Labute approximate surface area is 264 Å². The van der Waals surface area contributed by atoms with Crippen molar-refractivity contribution in [2.24, 2.45) is 4.99 Å². The summed E-state index contributed by atoms with van der Waals surface area (Å²) in [4.78, 5) is 12.8. The van der Waals surface area contributed by atoms with Gasteiger partial charge in [0, 0.05) is 28.2 Å². The van der Waals surface area contributed by atoms with Crippen LogP contribution in [-0.4, -0.2) is 33.0 Å². The maximum absolute atomic E-state index is 5.36. The SMILES string of the molecule is CC1(C)c2ccccc2-c2ccc(N(c3ccccc3)c3ccc(N4C5=NC(C)(C)C(C)(C)N5C(C)(C)C4(C)C)cc3)cc21. The van der Waals surface area contributed by atoms with E-state index >= 15 is 0 Å². The lowest BCUT2D eigenvalue weighted by Crippen LogP contribution is -2.62. The second-order valence-electron chi connectivity index (χ2n) is 15.4. The molecule has 44 heavy (non-hydrogen) atoms. The van der Waals surface area contributed by atoms with Gasteiger partial charge in [0.15, 0.2) is 0 Å². The van der Waals surface area contributed by atoms with Gasteiger partial charge in [-0.2, -0.15) is 0 Å². The van der Waals surface area contributed by atoms with Gasteiger partial charge in [-0.25, -0.2) is 4.99 Å². The van der Waals surface area contributed by atoms with E-state index < -0.39 is 0 Å². The van der Waals surface area contributed by atoms with E-state index in [4.69, 9.17) is 4.99 Å². The van der Waals surface area contributed by atoms with Crippen molar-refractivity contribution in [2.75, 3.05) is 9.80 Å². The van der Waals surface area contributed by atoms with E-state index in [9.17, 15) is 0 Å². The lowest BCUT2D eigenvalue weighted by Gasteiger charge is -2.50. The first-order valence-electron chi connectivity index (χ1n) is 16.0. The van der Waals surface area contributed by atoms with Crippen LogP contribution in [0.25, 0.3) is 11.1 Å². The topological polar surface area (TPSA) is 22.1 Å². The Hall–Kier alpha value is -4.05. The molecule has 0 N–H and O–H groups in total. The first-order valence-corrected chi connectivity index (χ1v) is 16.0. The van der Waals surface area contributed by atoms with Gasteiger partial charge in [0.2, 0.25) is 5.96 Å². The van der Waals surface area contributed by atoms with Gasteiger partial charge < -0.3 is 14.7 Å². The van der Waals surface area contributed by atoms with E-state index in [0.29, 0.717) is 0 Å². The minimum atomic E-state index is -0.195. The number of guanidine groups is 1. The van der Waals surface area contributed by atoms with E-state index in [1.54, 1.807) is 0 Å². The normalized spacial score (nSPS) is 21.0. The number of para-hydroxylation sites is 1. The minimum Gasteiger partial charge on any atom is -0.327 e. The van der Waals surface area contributed by atoms with Gasteiger partial charge in [-0.3, -0.25) is 0 Å². The van der Waals surface area contributed by atoms with E-state index in [1.807, 2.05) is 0 Å². The zero-order chi connectivity index (χ0) is 31.4. The number of nitrogens with zero attached hydrogens (tertiary/aromatic N) is 4. The van der Waals surface area contributed by atoms with Gasteiger partial charge >= 0.3 is 0 Å². The summed E-state index contributed by atoms with van der Waals surface area (Å²) in [5.41, 5.74) is 9.43. The van der Waals surface area contributed by atoms with Gasteiger partial charge in [0.1, 0.15) is 0 Å². The number of benzene rings is 4. The summed E-state index contributed by atoms with van der Waals surface area (Å²) in [5, 5.41) is 0. The van der Waals surface area contributed by atoms with Gasteiger partial charge in [-0.15, -0.1) is 0 Å². The maximum Gasteiger partial charge on any atom is 0.203 e. The molecule has 7 rings (SSSR count). The molecule has 0 aromatic heterocycles. The molecule has 0 unspecified atom stereocenters. The summed E-state index contributed by atoms with van der Waals surface area (Å²) in [6.07, 6.45) is 0. The molecule has 0 radical (unpaired) electrons. The summed E-state index contributed by atoms with van der Waals surface area (Å²) in [6, 6.07) is 35.7. The van der Waals surface area contributed by atoms with Crippen LogP contribution in [0.5, 0.6) is 0 Å². The van der Waals surface area contributed by atoms with E-state index in [2.05, 4.69) is 181 Å². The van der Waals surface area contributed by atoms with Crippen molar-refractivity contribution in [2.45, 2.75) is 96.8 Å². The smallest absolute Gasteiger partial charge is 0.203 e. The second kappa shape index (κ2) is 9.00. The summed E-state index contributed by atoms with van der Waals surface area (Å²) in [7, 11) is 0. The quantitative estimate of drug-likeness (QED) is 0.239.